The van der Waals surface area contributed by atoms with Gasteiger partial charge in [0, 0.05) is 11.5 Å². The maximum Gasteiger partial charge on any atom is 0.267 e. The van der Waals surface area contributed by atoms with Crippen molar-refractivity contribution in [3.63, 3.8) is 0 Å². The van der Waals surface area contributed by atoms with Gasteiger partial charge in [0.25, 0.3) is 5.91 Å². The average Bonchev–Trinajstić information content (AvgIpc) is 2.93. The first-order valence-corrected chi connectivity index (χ1v) is 7.10. The van der Waals surface area contributed by atoms with Crippen LogP contribution >= 0.6 is 22.9 Å². The summed E-state index contributed by atoms with van der Waals surface area (Å²) in [5.41, 5.74) is 6.31. The lowest BCUT2D eigenvalue weighted by molar-refractivity contribution is 0.103. The second kappa shape index (κ2) is 5.93. The Morgan fingerprint density at radius 3 is 2.95 bits per heavy atom. The monoisotopic (exact) mass is 292 g/mol. The van der Waals surface area contributed by atoms with Gasteiger partial charge in [0.1, 0.15) is 5.82 Å². The van der Waals surface area contributed by atoms with Gasteiger partial charge in [-0.25, -0.2) is 4.98 Å². The minimum Gasteiger partial charge on any atom is -0.320 e. The molecule has 0 atom stereocenters. The second-order valence-electron chi connectivity index (χ2n) is 3.73. The molecule has 0 aliphatic carbocycles. The Morgan fingerprint density at radius 2 is 2.32 bits per heavy atom. The Kier molecular flexibility index (Phi) is 4.27. The van der Waals surface area contributed by atoms with E-state index in [1.165, 1.54) is 11.3 Å². The molecule has 7 heteroatoms. The van der Waals surface area contributed by atoms with Gasteiger partial charge >= 0.3 is 0 Å². The molecule has 0 aliphatic rings. The van der Waals surface area contributed by atoms with Gasteiger partial charge in [-0.05, 0) is 25.5 Å². The van der Waals surface area contributed by atoms with Gasteiger partial charge in [-0.15, -0.1) is 11.3 Å². The highest BCUT2D eigenvalue weighted by molar-refractivity contribution is 7.15. The third-order valence-electron chi connectivity index (χ3n) is 2.19. The van der Waals surface area contributed by atoms with E-state index in [4.69, 9.17) is 5.73 Å². The first kappa shape index (κ1) is 13.7. The van der Waals surface area contributed by atoms with Crippen molar-refractivity contribution in [3.05, 3.63) is 27.2 Å². The molecule has 0 spiro atoms. The van der Waals surface area contributed by atoms with E-state index in [-0.39, 0.29) is 5.91 Å². The second-order valence-corrected chi connectivity index (χ2v) is 5.53. The molecule has 5 nitrogen and oxygen atoms in total. The molecule has 2 rings (SSSR count). The van der Waals surface area contributed by atoms with Crippen LogP contribution in [0.3, 0.4) is 0 Å². The Bertz CT molecular complexity index is 663. The van der Waals surface area contributed by atoms with E-state index in [0.717, 1.165) is 22.0 Å². The summed E-state index contributed by atoms with van der Waals surface area (Å²) in [4.78, 5) is 17.6. The number of nitrogens with two attached hydrogens (primary N) is 1. The number of aromatic nitrogens is 2. The van der Waals surface area contributed by atoms with Crippen LogP contribution in [0.4, 0.5) is 5.13 Å². The molecule has 0 aromatic carbocycles. The van der Waals surface area contributed by atoms with E-state index >= 15 is 0 Å². The van der Waals surface area contributed by atoms with E-state index < -0.39 is 0 Å². The van der Waals surface area contributed by atoms with Gasteiger partial charge in [-0.1, -0.05) is 11.8 Å². The van der Waals surface area contributed by atoms with Gasteiger partial charge in [-0.2, -0.15) is 4.37 Å². The number of amides is 1. The molecule has 0 fully saturated rings. The zero-order chi connectivity index (χ0) is 13.8. The van der Waals surface area contributed by atoms with Crippen molar-refractivity contribution in [2.24, 2.45) is 5.73 Å². The Hall–Kier alpha value is -1.75. The van der Waals surface area contributed by atoms with Crippen molar-refractivity contribution >= 4 is 33.9 Å². The minimum atomic E-state index is -0.190. The fraction of sp³-hybridized carbons (Fsp3) is 0.250. The van der Waals surface area contributed by atoms with Gasteiger partial charge in [0.15, 0.2) is 0 Å². The fourth-order valence-electron chi connectivity index (χ4n) is 1.36. The minimum absolute atomic E-state index is 0.190. The Balaban J connectivity index is 2.15. The quantitative estimate of drug-likeness (QED) is 0.827. The molecule has 0 saturated carbocycles. The molecule has 0 radical (unpaired) electrons. The molecule has 0 aliphatic heterocycles. The average molecular weight is 292 g/mol. The zero-order valence-electron chi connectivity index (χ0n) is 10.5. The summed E-state index contributed by atoms with van der Waals surface area (Å²) >= 11 is 2.51. The first-order valence-electron chi connectivity index (χ1n) is 5.51. The van der Waals surface area contributed by atoms with Crippen LogP contribution in [0.1, 0.15) is 25.9 Å². The maximum atomic E-state index is 12.0. The van der Waals surface area contributed by atoms with Crippen molar-refractivity contribution < 1.29 is 4.79 Å². The highest BCUT2D eigenvalue weighted by atomic mass is 32.1. The zero-order valence-corrected chi connectivity index (χ0v) is 12.1. The number of hydrogen-bond donors (Lipinski definition) is 2. The van der Waals surface area contributed by atoms with Crippen LogP contribution in [0.2, 0.25) is 0 Å². The summed E-state index contributed by atoms with van der Waals surface area (Å²) in [7, 11) is 0. The molecule has 19 heavy (non-hydrogen) atoms. The normalized spacial score (nSPS) is 9.84. The maximum absolute atomic E-state index is 12.0. The number of rotatable bonds is 2. The van der Waals surface area contributed by atoms with E-state index in [2.05, 4.69) is 26.5 Å². The molecule has 2 heterocycles. The SMILES string of the molecule is Cc1nsc(NC(=O)c2cc(C)c(C#CCN)s2)n1. The molecule has 0 unspecified atom stereocenters. The molecule has 0 saturated heterocycles. The lowest BCUT2D eigenvalue weighted by Crippen LogP contribution is -2.09. The smallest absolute Gasteiger partial charge is 0.267 e. The summed E-state index contributed by atoms with van der Waals surface area (Å²) < 4.78 is 4.01. The Morgan fingerprint density at radius 1 is 1.53 bits per heavy atom. The molecule has 98 valence electrons. The predicted octanol–water partition coefficient (Wildman–Crippen LogP) is 1.78. The number of carbonyl (C=O) groups is 1. The van der Waals surface area contributed by atoms with Crippen molar-refractivity contribution in [2.75, 3.05) is 11.9 Å². The van der Waals surface area contributed by atoms with Crippen LogP contribution in [0.15, 0.2) is 6.07 Å². The number of nitrogens with zero attached hydrogens (tertiary/aromatic N) is 2. The van der Waals surface area contributed by atoms with Crippen molar-refractivity contribution in [1.82, 2.24) is 9.36 Å². The first-order chi connectivity index (χ1) is 9.10. The van der Waals surface area contributed by atoms with Crippen LogP contribution in [0, 0.1) is 25.7 Å². The number of aryl methyl sites for hydroxylation is 2. The number of carbonyl (C=O) groups excluding carboxylic acids is 1. The van der Waals surface area contributed by atoms with Gasteiger partial charge in [-0.3, -0.25) is 10.1 Å². The molecular formula is C12H12N4OS2. The number of nitrogens with one attached hydrogen (secondary N) is 1. The van der Waals surface area contributed by atoms with Crippen LogP contribution in [0.25, 0.3) is 0 Å². The third kappa shape index (κ3) is 3.38. The summed E-state index contributed by atoms with van der Waals surface area (Å²) in [6.07, 6.45) is 0. The van der Waals surface area contributed by atoms with Crippen LogP contribution < -0.4 is 11.1 Å². The topological polar surface area (TPSA) is 80.9 Å². The van der Waals surface area contributed by atoms with Gasteiger partial charge in [0.05, 0.1) is 16.3 Å². The number of thiophene rings is 1. The molecular weight excluding hydrogens is 280 g/mol. The van der Waals surface area contributed by atoms with E-state index in [1.54, 1.807) is 6.92 Å². The van der Waals surface area contributed by atoms with Gasteiger partial charge < -0.3 is 5.73 Å². The van der Waals surface area contributed by atoms with Crippen molar-refractivity contribution in [1.29, 1.82) is 0 Å². The summed E-state index contributed by atoms with van der Waals surface area (Å²) in [6, 6.07) is 1.81. The van der Waals surface area contributed by atoms with E-state index in [0.29, 0.717) is 22.4 Å². The predicted molar refractivity (Wildman–Crippen MR) is 77.6 cm³/mol. The highest BCUT2D eigenvalue weighted by Crippen LogP contribution is 2.22. The summed E-state index contributed by atoms with van der Waals surface area (Å²) in [5.74, 6) is 6.20. The van der Waals surface area contributed by atoms with Crippen LogP contribution in [0.5, 0.6) is 0 Å². The lowest BCUT2D eigenvalue weighted by atomic mass is 10.2. The van der Waals surface area contributed by atoms with Crippen LogP contribution in [-0.4, -0.2) is 21.8 Å². The van der Waals surface area contributed by atoms with E-state index in [9.17, 15) is 4.79 Å². The van der Waals surface area contributed by atoms with Crippen molar-refractivity contribution in [2.45, 2.75) is 13.8 Å². The van der Waals surface area contributed by atoms with Gasteiger partial charge in [0.2, 0.25) is 5.13 Å². The molecule has 2 aromatic rings. The summed E-state index contributed by atoms with van der Waals surface area (Å²) in [5, 5.41) is 3.22. The molecule has 1 amide bonds. The van der Waals surface area contributed by atoms with Crippen molar-refractivity contribution in [3.8, 4) is 11.8 Å². The third-order valence-corrected chi connectivity index (χ3v) is 4.07. The van der Waals surface area contributed by atoms with Crippen LogP contribution in [-0.2, 0) is 0 Å². The van der Waals surface area contributed by atoms with E-state index in [1.807, 2.05) is 13.0 Å². The highest BCUT2D eigenvalue weighted by Gasteiger charge is 2.13. The fourth-order valence-corrected chi connectivity index (χ4v) is 2.87. The summed E-state index contributed by atoms with van der Waals surface area (Å²) in [6.45, 7) is 4.01. The standard InChI is InChI=1S/C12H12N4OS2/c1-7-6-10(18-9(7)4-3-5-13)11(17)15-12-14-8(2)16-19-12/h6H,5,13H2,1-2H3,(H,14,15,16,17). The lowest BCUT2D eigenvalue weighted by Gasteiger charge is -1.96. The number of hydrogen-bond acceptors (Lipinski definition) is 6. The largest absolute Gasteiger partial charge is 0.320 e. The molecule has 0 bridgehead atoms. The molecule has 3 N–H and O–H groups in total. The molecule has 2 aromatic heterocycles. The number of anilines is 1. The Labute approximate surface area is 119 Å².